The SMILES string of the molecule is CCC(C(=O)NCCCN)c1cccc(C(F)(F)F)c1.Cl. The lowest BCUT2D eigenvalue weighted by atomic mass is 9.94. The van der Waals surface area contributed by atoms with Gasteiger partial charge in [-0.1, -0.05) is 25.1 Å². The summed E-state index contributed by atoms with van der Waals surface area (Å²) in [7, 11) is 0. The maximum Gasteiger partial charge on any atom is 0.416 e. The molecule has 1 aromatic carbocycles. The first-order chi connectivity index (χ1) is 9.40. The molecule has 0 saturated heterocycles. The zero-order valence-corrected chi connectivity index (χ0v) is 12.6. The smallest absolute Gasteiger partial charge is 0.356 e. The van der Waals surface area contributed by atoms with E-state index in [9.17, 15) is 18.0 Å². The molecule has 0 bridgehead atoms. The maximum absolute atomic E-state index is 12.7. The van der Waals surface area contributed by atoms with Crippen molar-refractivity contribution in [2.45, 2.75) is 31.9 Å². The Kier molecular flexibility index (Phi) is 8.36. The van der Waals surface area contributed by atoms with Crippen LogP contribution in [-0.4, -0.2) is 19.0 Å². The van der Waals surface area contributed by atoms with Crippen LogP contribution in [0.3, 0.4) is 0 Å². The summed E-state index contributed by atoms with van der Waals surface area (Å²) in [5.74, 6) is -0.838. The highest BCUT2D eigenvalue weighted by Crippen LogP contribution is 2.31. The summed E-state index contributed by atoms with van der Waals surface area (Å²) in [5.41, 5.74) is 4.97. The lowest BCUT2D eigenvalue weighted by molar-refractivity contribution is -0.137. The standard InChI is InChI=1S/C14H19F3N2O.ClH/c1-2-12(13(20)19-8-4-7-18)10-5-3-6-11(9-10)14(15,16)17;/h3,5-6,9,12H,2,4,7-8,18H2,1H3,(H,19,20);1H. The largest absolute Gasteiger partial charge is 0.416 e. The fourth-order valence-corrected chi connectivity index (χ4v) is 1.94. The van der Waals surface area contributed by atoms with Crippen LogP contribution in [0.1, 0.15) is 36.8 Å². The molecule has 1 unspecified atom stereocenters. The van der Waals surface area contributed by atoms with Gasteiger partial charge in [0.2, 0.25) is 5.91 Å². The van der Waals surface area contributed by atoms with Crippen molar-refractivity contribution in [3.8, 4) is 0 Å². The molecule has 0 aliphatic rings. The van der Waals surface area contributed by atoms with Crippen molar-refractivity contribution in [3.63, 3.8) is 0 Å². The van der Waals surface area contributed by atoms with Crippen molar-refractivity contribution in [3.05, 3.63) is 35.4 Å². The molecule has 1 atom stereocenters. The lowest BCUT2D eigenvalue weighted by Gasteiger charge is -2.17. The van der Waals surface area contributed by atoms with E-state index in [-0.39, 0.29) is 18.3 Å². The van der Waals surface area contributed by atoms with Gasteiger partial charge in [-0.25, -0.2) is 0 Å². The molecule has 0 spiro atoms. The molecule has 1 amide bonds. The van der Waals surface area contributed by atoms with Gasteiger partial charge < -0.3 is 11.1 Å². The van der Waals surface area contributed by atoms with Crippen LogP contribution < -0.4 is 11.1 Å². The molecule has 3 N–H and O–H groups in total. The highest BCUT2D eigenvalue weighted by molar-refractivity contribution is 5.85. The van der Waals surface area contributed by atoms with Crippen molar-refractivity contribution in [1.82, 2.24) is 5.32 Å². The number of benzene rings is 1. The second-order valence-corrected chi connectivity index (χ2v) is 4.52. The number of nitrogens with two attached hydrogens (primary N) is 1. The van der Waals surface area contributed by atoms with Gasteiger partial charge in [0.25, 0.3) is 0 Å². The van der Waals surface area contributed by atoms with E-state index in [4.69, 9.17) is 5.73 Å². The molecule has 0 heterocycles. The quantitative estimate of drug-likeness (QED) is 0.790. The third-order valence-corrected chi connectivity index (χ3v) is 3.02. The second kappa shape index (κ2) is 8.89. The highest BCUT2D eigenvalue weighted by atomic mass is 35.5. The normalized spacial score (nSPS) is 12.4. The van der Waals surface area contributed by atoms with E-state index >= 15 is 0 Å². The Morgan fingerprint density at radius 2 is 2.05 bits per heavy atom. The van der Waals surface area contributed by atoms with Crippen LogP contribution in [0.25, 0.3) is 0 Å². The predicted octanol–water partition coefficient (Wildman–Crippen LogP) is 3.09. The van der Waals surface area contributed by atoms with E-state index in [1.54, 1.807) is 13.0 Å². The maximum atomic E-state index is 12.7. The highest BCUT2D eigenvalue weighted by Gasteiger charge is 2.31. The summed E-state index contributed by atoms with van der Waals surface area (Å²) in [6.45, 7) is 2.67. The fraction of sp³-hybridized carbons (Fsp3) is 0.500. The summed E-state index contributed by atoms with van der Waals surface area (Å²) in [6.07, 6.45) is -3.31. The van der Waals surface area contributed by atoms with Crippen LogP contribution in [0.4, 0.5) is 13.2 Å². The van der Waals surface area contributed by atoms with Crippen LogP contribution >= 0.6 is 12.4 Å². The molecule has 0 saturated carbocycles. The molecule has 0 aromatic heterocycles. The van der Waals surface area contributed by atoms with Crippen molar-refractivity contribution < 1.29 is 18.0 Å². The van der Waals surface area contributed by atoms with E-state index < -0.39 is 17.7 Å². The van der Waals surface area contributed by atoms with E-state index in [1.165, 1.54) is 6.07 Å². The van der Waals surface area contributed by atoms with E-state index in [1.807, 2.05) is 0 Å². The molecule has 0 aliphatic heterocycles. The Labute approximate surface area is 128 Å². The molecule has 7 heteroatoms. The minimum atomic E-state index is -4.40. The molecule has 0 radical (unpaired) electrons. The van der Waals surface area contributed by atoms with Crippen LogP contribution in [0.15, 0.2) is 24.3 Å². The number of hydrogen-bond acceptors (Lipinski definition) is 2. The van der Waals surface area contributed by atoms with E-state index in [0.717, 1.165) is 12.1 Å². The van der Waals surface area contributed by atoms with Crippen molar-refractivity contribution in [1.29, 1.82) is 0 Å². The van der Waals surface area contributed by atoms with Crippen LogP contribution in [0.5, 0.6) is 0 Å². The number of rotatable bonds is 6. The van der Waals surface area contributed by atoms with E-state index in [2.05, 4.69) is 5.32 Å². The first kappa shape index (κ1) is 19.7. The number of carbonyl (C=O) groups is 1. The Morgan fingerprint density at radius 1 is 1.38 bits per heavy atom. The fourth-order valence-electron chi connectivity index (χ4n) is 1.94. The molecule has 21 heavy (non-hydrogen) atoms. The number of hydrogen-bond donors (Lipinski definition) is 2. The summed E-state index contributed by atoms with van der Waals surface area (Å²) >= 11 is 0. The van der Waals surface area contributed by atoms with Gasteiger partial charge in [0.15, 0.2) is 0 Å². The third kappa shape index (κ3) is 5.93. The zero-order valence-electron chi connectivity index (χ0n) is 11.7. The number of nitrogens with one attached hydrogen (secondary N) is 1. The molecule has 3 nitrogen and oxygen atoms in total. The number of halogens is 4. The van der Waals surface area contributed by atoms with Gasteiger partial charge in [0, 0.05) is 6.54 Å². The summed E-state index contributed by atoms with van der Waals surface area (Å²) < 4.78 is 38.0. The minimum absolute atomic E-state index is 0. The third-order valence-electron chi connectivity index (χ3n) is 3.02. The van der Waals surface area contributed by atoms with Crippen molar-refractivity contribution in [2.24, 2.45) is 5.73 Å². The Bertz CT molecular complexity index is 452. The first-order valence-corrected chi connectivity index (χ1v) is 6.55. The molecule has 0 fully saturated rings. The summed E-state index contributed by atoms with van der Waals surface area (Å²) in [5, 5.41) is 2.69. The number of carbonyl (C=O) groups excluding carboxylic acids is 1. The average molecular weight is 325 g/mol. The van der Waals surface area contributed by atoms with Crippen molar-refractivity contribution in [2.75, 3.05) is 13.1 Å². The molecular formula is C14H20ClF3N2O. The van der Waals surface area contributed by atoms with Crippen LogP contribution in [0.2, 0.25) is 0 Å². The van der Waals surface area contributed by atoms with E-state index in [0.29, 0.717) is 31.5 Å². The topological polar surface area (TPSA) is 55.1 Å². The molecule has 1 aromatic rings. The van der Waals surface area contributed by atoms with Gasteiger partial charge in [-0.15, -0.1) is 12.4 Å². The molecule has 1 rings (SSSR count). The Morgan fingerprint density at radius 3 is 2.57 bits per heavy atom. The minimum Gasteiger partial charge on any atom is -0.356 e. The zero-order chi connectivity index (χ0) is 15.2. The van der Waals surface area contributed by atoms with Crippen molar-refractivity contribution >= 4 is 18.3 Å². The summed E-state index contributed by atoms with van der Waals surface area (Å²) in [6, 6.07) is 4.92. The van der Waals surface area contributed by atoms with Gasteiger partial charge in [-0.3, -0.25) is 4.79 Å². The monoisotopic (exact) mass is 324 g/mol. The van der Waals surface area contributed by atoms with Crippen LogP contribution in [-0.2, 0) is 11.0 Å². The lowest BCUT2D eigenvalue weighted by Crippen LogP contribution is -2.31. The first-order valence-electron chi connectivity index (χ1n) is 6.55. The second-order valence-electron chi connectivity index (χ2n) is 4.52. The Balaban J connectivity index is 0.00000400. The summed E-state index contributed by atoms with van der Waals surface area (Å²) in [4.78, 5) is 12.0. The predicted molar refractivity (Wildman–Crippen MR) is 78.4 cm³/mol. The van der Waals surface area contributed by atoms with Crippen LogP contribution in [0, 0.1) is 0 Å². The van der Waals surface area contributed by atoms with Gasteiger partial charge >= 0.3 is 6.18 Å². The van der Waals surface area contributed by atoms with Gasteiger partial charge in [0.05, 0.1) is 11.5 Å². The molecule has 120 valence electrons. The Hall–Kier alpha value is -1.27. The van der Waals surface area contributed by atoms with Gasteiger partial charge in [-0.2, -0.15) is 13.2 Å². The van der Waals surface area contributed by atoms with Gasteiger partial charge in [-0.05, 0) is 31.0 Å². The average Bonchev–Trinajstić information content (AvgIpc) is 2.39. The van der Waals surface area contributed by atoms with Gasteiger partial charge in [0.1, 0.15) is 0 Å². The molecule has 0 aliphatic carbocycles. The number of amides is 1. The molecular weight excluding hydrogens is 305 g/mol. The number of alkyl halides is 3.